The molecule has 12 heavy (non-hydrogen) atoms. The van der Waals surface area contributed by atoms with Crippen LogP contribution in [-0.4, -0.2) is 5.11 Å². The molecule has 0 unspecified atom stereocenters. The minimum atomic E-state index is 0.267. The molecule has 0 amide bonds. The number of rotatable bonds is 0. The summed E-state index contributed by atoms with van der Waals surface area (Å²) in [7, 11) is 0. The molecule has 0 radical (unpaired) electrons. The molecule has 0 atom stereocenters. The first-order chi connectivity index (χ1) is 5.63. The second kappa shape index (κ2) is 4.65. The van der Waals surface area contributed by atoms with Crippen molar-refractivity contribution in [3.63, 3.8) is 0 Å². The van der Waals surface area contributed by atoms with Crippen molar-refractivity contribution in [1.82, 2.24) is 0 Å². The SMILES string of the molecule is CC.Cc1ccc(O)c(C)c1N. The number of aryl methyl sites for hydroxylation is 1. The zero-order valence-electron chi connectivity index (χ0n) is 8.18. The highest BCUT2D eigenvalue weighted by Crippen LogP contribution is 2.24. The summed E-state index contributed by atoms with van der Waals surface area (Å²) in [4.78, 5) is 0. The number of aromatic hydroxyl groups is 1. The Labute approximate surface area is 74.0 Å². The fourth-order valence-corrected chi connectivity index (χ4v) is 0.852. The van der Waals surface area contributed by atoms with Gasteiger partial charge in [0.2, 0.25) is 0 Å². The molecule has 1 rings (SSSR count). The normalized spacial score (nSPS) is 8.67. The number of anilines is 1. The van der Waals surface area contributed by atoms with Gasteiger partial charge in [0.1, 0.15) is 5.75 Å². The Morgan fingerprint density at radius 2 is 1.67 bits per heavy atom. The molecule has 68 valence electrons. The molecule has 0 spiro atoms. The lowest BCUT2D eigenvalue weighted by Crippen LogP contribution is -1.92. The van der Waals surface area contributed by atoms with E-state index in [9.17, 15) is 0 Å². The van der Waals surface area contributed by atoms with E-state index in [1.165, 1.54) is 0 Å². The van der Waals surface area contributed by atoms with E-state index in [0.29, 0.717) is 5.69 Å². The summed E-state index contributed by atoms with van der Waals surface area (Å²) in [6, 6.07) is 3.46. The summed E-state index contributed by atoms with van der Waals surface area (Å²) in [6.45, 7) is 7.72. The van der Waals surface area contributed by atoms with E-state index in [1.54, 1.807) is 19.1 Å². The lowest BCUT2D eigenvalue weighted by Gasteiger charge is -2.04. The van der Waals surface area contributed by atoms with Crippen LogP contribution < -0.4 is 5.73 Å². The molecule has 0 saturated heterocycles. The van der Waals surface area contributed by atoms with Crippen molar-refractivity contribution in [2.24, 2.45) is 0 Å². The van der Waals surface area contributed by atoms with Gasteiger partial charge >= 0.3 is 0 Å². The maximum absolute atomic E-state index is 9.14. The molecule has 0 bridgehead atoms. The standard InChI is InChI=1S/C8H11NO.C2H6/c1-5-3-4-7(10)6(2)8(5)9;1-2/h3-4,10H,9H2,1-2H3;1-2H3. The van der Waals surface area contributed by atoms with E-state index in [-0.39, 0.29) is 5.75 Å². The number of phenolic OH excluding ortho intramolecular Hbond substituents is 1. The van der Waals surface area contributed by atoms with Crippen molar-refractivity contribution < 1.29 is 5.11 Å². The van der Waals surface area contributed by atoms with E-state index in [2.05, 4.69) is 0 Å². The van der Waals surface area contributed by atoms with Crippen LogP contribution in [0.3, 0.4) is 0 Å². The monoisotopic (exact) mass is 167 g/mol. The van der Waals surface area contributed by atoms with Crippen LogP contribution in [0.2, 0.25) is 0 Å². The summed E-state index contributed by atoms with van der Waals surface area (Å²) in [5.74, 6) is 0.267. The van der Waals surface area contributed by atoms with E-state index in [0.717, 1.165) is 11.1 Å². The number of phenols is 1. The van der Waals surface area contributed by atoms with Crippen molar-refractivity contribution >= 4 is 5.69 Å². The molecule has 0 saturated carbocycles. The summed E-state index contributed by atoms with van der Waals surface area (Å²) in [5.41, 5.74) is 8.08. The fraction of sp³-hybridized carbons (Fsp3) is 0.400. The Morgan fingerprint density at radius 3 is 2.08 bits per heavy atom. The van der Waals surface area contributed by atoms with Crippen molar-refractivity contribution in [1.29, 1.82) is 0 Å². The van der Waals surface area contributed by atoms with Crippen LogP contribution in [0.15, 0.2) is 12.1 Å². The smallest absolute Gasteiger partial charge is 0.120 e. The number of nitrogens with two attached hydrogens (primary N) is 1. The molecule has 3 N–H and O–H groups in total. The third-order valence-electron chi connectivity index (χ3n) is 1.70. The predicted octanol–water partition coefficient (Wildman–Crippen LogP) is 2.62. The van der Waals surface area contributed by atoms with Crippen LogP contribution in [0.4, 0.5) is 5.69 Å². The van der Waals surface area contributed by atoms with Crippen molar-refractivity contribution in [3.8, 4) is 5.75 Å². The average molecular weight is 167 g/mol. The number of benzene rings is 1. The number of nitrogen functional groups attached to an aromatic ring is 1. The molecule has 2 heteroatoms. The maximum atomic E-state index is 9.14. The van der Waals surface area contributed by atoms with Crippen molar-refractivity contribution in [2.45, 2.75) is 27.7 Å². The molecule has 2 nitrogen and oxygen atoms in total. The number of hydrogen-bond donors (Lipinski definition) is 2. The summed E-state index contributed by atoms with van der Waals surface area (Å²) < 4.78 is 0. The second-order valence-corrected chi connectivity index (χ2v) is 2.44. The fourth-order valence-electron chi connectivity index (χ4n) is 0.852. The van der Waals surface area contributed by atoms with Crippen molar-refractivity contribution in [2.75, 3.05) is 5.73 Å². The predicted molar refractivity (Wildman–Crippen MR) is 53.3 cm³/mol. The Balaban J connectivity index is 0.000000561. The zero-order valence-corrected chi connectivity index (χ0v) is 8.18. The minimum absolute atomic E-state index is 0.267. The van der Waals surface area contributed by atoms with E-state index < -0.39 is 0 Å². The van der Waals surface area contributed by atoms with Gasteiger partial charge < -0.3 is 10.8 Å². The van der Waals surface area contributed by atoms with Crippen LogP contribution in [0.25, 0.3) is 0 Å². The van der Waals surface area contributed by atoms with Gasteiger partial charge in [-0.1, -0.05) is 19.9 Å². The van der Waals surface area contributed by atoms with Crippen molar-refractivity contribution in [3.05, 3.63) is 23.3 Å². The van der Waals surface area contributed by atoms with Gasteiger partial charge in [-0.25, -0.2) is 0 Å². The summed E-state index contributed by atoms with van der Waals surface area (Å²) >= 11 is 0. The largest absolute Gasteiger partial charge is 0.508 e. The van der Waals surface area contributed by atoms with Crippen LogP contribution in [0, 0.1) is 13.8 Å². The second-order valence-electron chi connectivity index (χ2n) is 2.44. The zero-order chi connectivity index (χ0) is 9.72. The molecule has 1 aromatic rings. The Kier molecular flexibility index (Phi) is 4.19. The lowest BCUT2D eigenvalue weighted by molar-refractivity contribution is 0.471. The molecule has 0 aromatic heterocycles. The molecule has 0 fully saturated rings. The van der Waals surface area contributed by atoms with Gasteiger partial charge in [-0.15, -0.1) is 0 Å². The van der Waals surface area contributed by atoms with Gasteiger partial charge in [0.25, 0.3) is 0 Å². The highest BCUT2D eigenvalue weighted by atomic mass is 16.3. The summed E-state index contributed by atoms with van der Waals surface area (Å²) in [6.07, 6.45) is 0. The van der Waals surface area contributed by atoms with Crippen LogP contribution >= 0.6 is 0 Å². The molecule has 1 aromatic carbocycles. The van der Waals surface area contributed by atoms with Gasteiger partial charge in [0.15, 0.2) is 0 Å². The lowest BCUT2D eigenvalue weighted by atomic mass is 10.1. The van der Waals surface area contributed by atoms with Gasteiger partial charge in [-0.05, 0) is 25.5 Å². The first-order valence-electron chi connectivity index (χ1n) is 4.17. The minimum Gasteiger partial charge on any atom is -0.508 e. The highest BCUT2D eigenvalue weighted by molar-refractivity contribution is 5.57. The van der Waals surface area contributed by atoms with Crippen LogP contribution in [0.1, 0.15) is 25.0 Å². The third-order valence-corrected chi connectivity index (χ3v) is 1.70. The average Bonchev–Trinajstić information content (AvgIpc) is 2.12. The molecule has 0 aliphatic heterocycles. The third kappa shape index (κ3) is 2.16. The summed E-state index contributed by atoms with van der Waals surface area (Å²) in [5, 5.41) is 9.14. The first kappa shape index (κ1) is 10.8. The quantitative estimate of drug-likeness (QED) is 0.583. The molecular weight excluding hydrogens is 150 g/mol. The topological polar surface area (TPSA) is 46.2 Å². The molecule has 0 aliphatic carbocycles. The Bertz CT molecular complexity index is 229. The molecule has 0 heterocycles. The van der Waals surface area contributed by atoms with Gasteiger partial charge in [-0.2, -0.15) is 0 Å². The maximum Gasteiger partial charge on any atom is 0.120 e. The Morgan fingerprint density at radius 1 is 1.17 bits per heavy atom. The van der Waals surface area contributed by atoms with E-state index in [4.69, 9.17) is 10.8 Å². The Hall–Kier alpha value is -1.18. The molecular formula is C10H17NO. The van der Waals surface area contributed by atoms with Gasteiger partial charge in [0.05, 0.1) is 0 Å². The van der Waals surface area contributed by atoms with E-state index in [1.807, 2.05) is 20.8 Å². The van der Waals surface area contributed by atoms with E-state index >= 15 is 0 Å². The number of hydrogen-bond acceptors (Lipinski definition) is 2. The highest BCUT2D eigenvalue weighted by Gasteiger charge is 2.00. The van der Waals surface area contributed by atoms with Gasteiger partial charge in [-0.3, -0.25) is 0 Å². The van der Waals surface area contributed by atoms with Crippen LogP contribution in [-0.2, 0) is 0 Å². The van der Waals surface area contributed by atoms with Gasteiger partial charge in [0, 0.05) is 11.3 Å². The first-order valence-corrected chi connectivity index (χ1v) is 4.17. The molecule has 0 aliphatic rings. The van der Waals surface area contributed by atoms with Crippen LogP contribution in [0.5, 0.6) is 5.75 Å².